The summed E-state index contributed by atoms with van der Waals surface area (Å²) in [5.41, 5.74) is 3.02. The highest BCUT2D eigenvalue weighted by molar-refractivity contribution is 9.10. The van der Waals surface area contributed by atoms with Gasteiger partial charge in [-0.1, -0.05) is 45.7 Å². The van der Waals surface area contributed by atoms with Gasteiger partial charge in [-0.25, -0.2) is 10.2 Å². The number of rotatable bonds is 8. The van der Waals surface area contributed by atoms with E-state index in [9.17, 15) is 9.59 Å². The first kappa shape index (κ1) is 24.7. The summed E-state index contributed by atoms with van der Waals surface area (Å²) < 4.78 is 18.1. The molecule has 0 aliphatic rings. The van der Waals surface area contributed by atoms with Crippen molar-refractivity contribution in [2.24, 2.45) is 5.10 Å². The van der Waals surface area contributed by atoms with Gasteiger partial charge in [-0.15, -0.1) is 11.3 Å². The largest absolute Gasteiger partial charge is 0.493 e. The molecule has 0 spiro atoms. The number of thiophene rings is 1. The average Bonchev–Trinajstić information content (AvgIpc) is 3.21. The molecule has 1 heterocycles. The van der Waals surface area contributed by atoms with Crippen LogP contribution in [0.1, 0.15) is 15.2 Å². The first-order valence-corrected chi connectivity index (χ1v) is 12.2. The second-order valence-electron chi connectivity index (χ2n) is 7.08. The van der Waals surface area contributed by atoms with E-state index >= 15 is 0 Å². The molecule has 0 saturated carbocycles. The second-order valence-corrected chi connectivity index (χ2v) is 9.42. The standard InChI is InChI=1S/C25H18BrClN2O5S/c1-32-20-12-15(13-28-29-22(30)14-33-17-9-7-16(26)8-10-17)6-11-19(20)34-25(31)24-23(27)18-4-2-3-5-21(18)35-24/h2-13H,14H2,1H3,(H,29,30)/b28-13-. The molecule has 35 heavy (non-hydrogen) atoms. The van der Waals surface area contributed by atoms with Crippen LogP contribution in [-0.4, -0.2) is 31.8 Å². The number of benzene rings is 3. The number of hydrazone groups is 1. The SMILES string of the molecule is COc1cc(/C=N\NC(=O)COc2ccc(Br)cc2)ccc1OC(=O)c1sc2ccccc2c1Cl. The van der Waals surface area contributed by atoms with Crippen molar-refractivity contribution in [2.75, 3.05) is 13.7 Å². The van der Waals surface area contributed by atoms with Crippen LogP contribution in [0.15, 0.2) is 76.3 Å². The molecule has 3 aromatic carbocycles. The van der Waals surface area contributed by atoms with Gasteiger partial charge in [-0.2, -0.15) is 5.10 Å². The molecular weight excluding hydrogens is 556 g/mol. The molecule has 0 aliphatic carbocycles. The highest BCUT2D eigenvalue weighted by atomic mass is 79.9. The number of hydrogen-bond acceptors (Lipinski definition) is 7. The van der Waals surface area contributed by atoms with Crippen LogP contribution in [0.3, 0.4) is 0 Å². The predicted molar refractivity (Wildman–Crippen MR) is 140 cm³/mol. The Morgan fingerprint density at radius 3 is 2.60 bits per heavy atom. The van der Waals surface area contributed by atoms with E-state index in [1.807, 2.05) is 36.4 Å². The van der Waals surface area contributed by atoms with Crippen LogP contribution >= 0.6 is 38.9 Å². The highest BCUT2D eigenvalue weighted by Gasteiger charge is 2.20. The van der Waals surface area contributed by atoms with E-state index in [4.69, 9.17) is 25.8 Å². The lowest BCUT2D eigenvalue weighted by Crippen LogP contribution is -2.24. The zero-order valence-corrected chi connectivity index (χ0v) is 21.4. The first-order valence-electron chi connectivity index (χ1n) is 10.2. The lowest BCUT2D eigenvalue weighted by molar-refractivity contribution is -0.123. The van der Waals surface area contributed by atoms with Crippen molar-refractivity contribution in [3.63, 3.8) is 0 Å². The van der Waals surface area contributed by atoms with Gasteiger partial charge < -0.3 is 14.2 Å². The molecule has 1 N–H and O–H groups in total. The van der Waals surface area contributed by atoms with Crippen molar-refractivity contribution in [1.82, 2.24) is 5.43 Å². The lowest BCUT2D eigenvalue weighted by atomic mass is 10.2. The molecule has 1 amide bonds. The third-order valence-electron chi connectivity index (χ3n) is 4.70. The number of fused-ring (bicyclic) bond motifs is 1. The molecule has 4 aromatic rings. The Kier molecular flexibility index (Phi) is 8.02. The summed E-state index contributed by atoms with van der Waals surface area (Å²) >= 11 is 11.0. The molecule has 0 radical (unpaired) electrons. The third-order valence-corrected chi connectivity index (χ3v) is 6.88. The van der Waals surface area contributed by atoms with E-state index in [1.165, 1.54) is 24.7 Å². The summed E-state index contributed by atoms with van der Waals surface area (Å²) in [6.45, 7) is -0.183. The number of methoxy groups -OCH3 is 1. The molecule has 4 rings (SSSR count). The monoisotopic (exact) mass is 572 g/mol. The van der Waals surface area contributed by atoms with Crippen molar-refractivity contribution in [1.29, 1.82) is 0 Å². The molecule has 0 unspecified atom stereocenters. The number of halogens is 2. The summed E-state index contributed by atoms with van der Waals surface area (Å²) in [4.78, 5) is 25.0. The number of nitrogens with one attached hydrogen (secondary N) is 1. The van der Waals surface area contributed by atoms with Crippen molar-refractivity contribution in [3.05, 3.63) is 86.7 Å². The summed E-state index contributed by atoms with van der Waals surface area (Å²) in [5.74, 6) is 0.134. The van der Waals surface area contributed by atoms with E-state index in [1.54, 1.807) is 30.3 Å². The van der Waals surface area contributed by atoms with Gasteiger partial charge in [0.05, 0.1) is 18.3 Å². The zero-order valence-electron chi connectivity index (χ0n) is 18.3. The maximum Gasteiger partial charge on any atom is 0.355 e. The molecule has 0 atom stereocenters. The fraction of sp³-hybridized carbons (Fsp3) is 0.0800. The van der Waals surface area contributed by atoms with Crippen LogP contribution < -0.4 is 19.6 Å². The number of carbonyl (C=O) groups is 2. The minimum absolute atomic E-state index is 0.183. The fourth-order valence-electron chi connectivity index (χ4n) is 3.03. The number of nitrogens with zero attached hydrogens (tertiary/aromatic N) is 1. The first-order chi connectivity index (χ1) is 16.9. The number of carbonyl (C=O) groups excluding carboxylic acids is 2. The topological polar surface area (TPSA) is 86.2 Å². The van der Waals surface area contributed by atoms with Gasteiger partial charge >= 0.3 is 5.97 Å². The van der Waals surface area contributed by atoms with Crippen LogP contribution in [0.4, 0.5) is 0 Å². The Morgan fingerprint density at radius 2 is 1.86 bits per heavy atom. The number of amides is 1. The van der Waals surface area contributed by atoms with Crippen molar-refractivity contribution in [2.45, 2.75) is 0 Å². The molecule has 0 bridgehead atoms. The normalized spacial score (nSPS) is 10.9. The van der Waals surface area contributed by atoms with Gasteiger partial charge in [-0.3, -0.25) is 4.79 Å². The molecule has 178 valence electrons. The number of esters is 1. The number of hydrogen-bond donors (Lipinski definition) is 1. The maximum atomic E-state index is 12.7. The van der Waals surface area contributed by atoms with Gasteiger partial charge in [0.2, 0.25) is 0 Å². The van der Waals surface area contributed by atoms with E-state index in [0.29, 0.717) is 27.0 Å². The van der Waals surface area contributed by atoms with Crippen molar-refractivity contribution < 1.29 is 23.8 Å². The molecule has 0 aliphatic heterocycles. The van der Waals surface area contributed by atoms with E-state index in [0.717, 1.165) is 14.6 Å². The van der Waals surface area contributed by atoms with Gasteiger partial charge in [0.15, 0.2) is 18.1 Å². The number of ether oxygens (including phenoxy) is 3. The van der Waals surface area contributed by atoms with Crippen LogP contribution in [0.2, 0.25) is 5.02 Å². The van der Waals surface area contributed by atoms with Gasteiger partial charge in [-0.05, 0) is 54.1 Å². The Bertz CT molecular complexity index is 1410. The molecule has 0 saturated heterocycles. The molecular formula is C25H18BrClN2O5S. The third kappa shape index (κ3) is 6.19. The van der Waals surface area contributed by atoms with Crippen LogP contribution in [0.25, 0.3) is 10.1 Å². The Morgan fingerprint density at radius 1 is 1.09 bits per heavy atom. The molecule has 7 nitrogen and oxygen atoms in total. The van der Waals surface area contributed by atoms with Gasteiger partial charge in [0.1, 0.15) is 10.6 Å². The Labute approximate surface area is 218 Å². The van der Waals surface area contributed by atoms with Gasteiger partial charge in [0, 0.05) is 14.6 Å². The van der Waals surface area contributed by atoms with Crippen LogP contribution in [-0.2, 0) is 4.79 Å². The smallest absolute Gasteiger partial charge is 0.355 e. The van der Waals surface area contributed by atoms with Crippen molar-refractivity contribution in [3.8, 4) is 17.2 Å². The summed E-state index contributed by atoms with van der Waals surface area (Å²) in [5, 5.41) is 5.09. The zero-order chi connectivity index (χ0) is 24.8. The molecule has 1 aromatic heterocycles. The van der Waals surface area contributed by atoms with Crippen LogP contribution in [0.5, 0.6) is 17.2 Å². The summed E-state index contributed by atoms with van der Waals surface area (Å²) in [7, 11) is 1.46. The Balaban J connectivity index is 1.37. The molecule has 0 fully saturated rings. The van der Waals surface area contributed by atoms with E-state index < -0.39 is 11.9 Å². The predicted octanol–water partition coefficient (Wildman–Crippen LogP) is 6.07. The summed E-state index contributed by atoms with van der Waals surface area (Å²) in [6.07, 6.45) is 1.44. The van der Waals surface area contributed by atoms with Crippen molar-refractivity contribution >= 4 is 67.0 Å². The van der Waals surface area contributed by atoms with E-state index in [-0.39, 0.29) is 12.4 Å². The maximum absolute atomic E-state index is 12.7. The lowest BCUT2D eigenvalue weighted by Gasteiger charge is -2.09. The van der Waals surface area contributed by atoms with E-state index in [2.05, 4.69) is 26.5 Å². The van der Waals surface area contributed by atoms with Crippen LogP contribution in [0, 0.1) is 0 Å². The van der Waals surface area contributed by atoms with Gasteiger partial charge in [0.25, 0.3) is 5.91 Å². The molecule has 10 heteroatoms. The average molecular weight is 574 g/mol. The minimum Gasteiger partial charge on any atom is -0.493 e. The second kappa shape index (κ2) is 11.4. The minimum atomic E-state index is -0.575. The highest BCUT2D eigenvalue weighted by Crippen LogP contribution is 2.37. The Hall–Kier alpha value is -3.40. The summed E-state index contributed by atoms with van der Waals surface area (Å²) in [6, 6.07) is 19.5. The fourth-order valence-corrected chi connectivity index (χ4v) is 4.68. The quantitative estimate of drug-likeness (QED) is 0.120.